The summed E-state index contributed by atoms with van der Waals surface area (Å²) in [5.41, 5.74) is 0.315. The molecule has 2 aromatic rings. The van der Waals surface area contributed by atoms with Crippen molar-refractivity contribution in [3.8, 4) is 6.07 Å². The van der Waals surface area contributed by atoms with E-state index in [2.05, 4.69) is 16.4 Å². The molecule has 2 rings (SSSR count). The monoisotopic (exact) mass is 312 g/mol. The number of carbonyl (C=O) groups excluding carboxylic acids is 1. The summed E-state index contributed by atoms with van der Waals surface area (Å²) < 4.78 is 1.26. The van der Waals surface area contributed by atoms with E-state index in [0.29, 0.717) is 10.9 Å². The van der Waals surface area contributed by atoms with Crippen LogP contribution in [0.4, 0.5) is 0 Å². The van der Waals surface area contributed by atoms with Crippen molar-refractivity contribution in [1.82, 2.24) is 14.9 Å². The zero-order chi connectivity index (χ0) is 17.2. The van der Waals surface area contributed by atoms with Crippen molar-refractivity contribution in [2.24, 2.45) is 5.92 Å². The van der Waals surface area contributed by atoms with Crippen LogP contribution in [0.5, 0.6) is 0 Å². The Morgan fingerprint density at radius 3 is 2.78 bits per heavy atom. The Hall–Kier alpha value is -2.68. The highest BCUT2D eigenvalue weighted by Gasteiger charge is 2.30. The van der Waals surface area contributed by atoms with Crippen LogP contribution in [0.2, 0.25) is 0 Å². The number of hydrogen-bond acceptors (Lipinski definition) is 4. The topological polar surface area (TPSA) is 87.8 Å². The number of nitriles is 1. The summed E-state index contributed by atoms with van der Waals surface area (Å²) in [5.74, 6) is -0.441. The van der Waals surface area contributed by atoms with E-state index in [4.69, 9.17) is 0 Å². The molecule has 0 aliphatic carbocycles. The second kappa shape index (κ2) is 6.21. The third kappa shape index (κ3) is 3.39. The van der Waals surface area contributed by atoms with Crippen molar-refractivity contribution >= 4 is 16.8 Å². The van der Waals surface area contributed by atoms with Crippen molar-refractivity contribution in [2.75, 3.05) is 0 Å². The Morgan fingerprint density at radius 2 is 2.17 bits per heavy atom. The van der Waals surface area contributed by atoms with Gasteiger partial charge in [0, 0.05) is 0 Å². The van der Waals surface area contributed by atoms with Gasteiger partial charge in [-0.3, -0.25) is 14.2 Å². The molecule has 0 unspecified atom stereocenters. The summed E-state index contributed by atoms with van der Waals surface area (Å²) in [6.45, 7) is 7.11. The number of rotatable bonds is 4. The van der Waals surface area contributed by atoms with E-state index in [1.165, 1.54) is 10.9 Å². The number of hydrogen-bond donors (Lipinski definition) is 1. The SMILES string of the molecule is Cc1ccc2ncn(CC(=O)N[C@@](C)(C#N)C(C)C)c(=O)c2c1. The van der Waals surface area contributed by atoms with Crippen LogP contribution in [-0.4, -0.2) is 21.0 Å². The first-order chi connectivity index (χ1) is 10.8. The second-order valence-electron chi connectivity index (χ2n) is 6.22. The molecule has 0 saturated carbocycles. The minimum atomic E-state index is -0.971. The molecule has 6 nitrogen and oxygen atoms in total. The Balaban J connectivity index is 2.29. The van der Waals surface area contributed by atoms with E-state index >= 15 is 0 Å². The smallest absolute Gasteiger partial charge is 0.261 e. The molecule has 1 aromatic carbocycles. The summed E-state index contributed by atoms with van der Waals surface area (Å²) in [6.07, 6.45) is 1.36. The van der Waals surface area contributed by atoms with Crippen LogP contribution in [0, 0.1) is 24.2 Å². The molecule has 1 heterocycles. The summed E-state index contributed by atoms with van der Waals surface area (Å²) in [5, 5.41) is 12.4. The van der Waals surface area contributed by atoms with E-state index in [1.807, 2.05) is 26.8 Å². The Bertz CT molecular complexity index is 848. The number of aromatic nitrogens is 2. The lowest BCUT2D eigenvalue weighted by molar-refractivity contribution is -0.123. The van der Waals surface area contributed by atoms with E-state index in [1.54, 1.807) is 19.1 Å². The summed E-state index contributed by atoms with van der Waals surface area (Å²) in [6, 6.07) is 7.53. The predicted octanol–water partition coefficient (Wildman–Crippen LogP) is 1.76. The minimum absolute atomic E-state index is 0.0504. The lowest BCUT2D eigenvalue weighted by Gasteiger charge is -2.27. The van der Waals surface area contributed by atoms with Gasteiger partial charge in [0.05, 0.1) is 23.3 Å². The molecule has 0 spiro atoms. The number of nitrogens with one attached hydrogen (secondary N) is 1. The van der Waals surface area contributed by atoms with Crippen LogP contribution >= 0.6 is 0 Å². The number of amides is 1. The molecule has 23 heavy (non-hydrogen) atoms. The number of aryl methyl sites for hydroxylation is 1. The van der Waals surface area contributed by atoms with Crippen molar-refractivity contribution in [3.63, 3.8) is 0 Å². The van der Waals surface area contributed by atoms with E-state index in [9.17, 15) is 14.9 Å². The molecule has 0 saturated heterocycles. The van der Waals surface area contributed by atoms with Crippen molar-refractivity contribution in [3.05, 3.63) is 40.4 Å². The number of nitrogens with zero attached hydrogens (tertiary/aromatic N) is 3. The maximum Gasteiger partial charge on any atom is 0.261 e. The maximum absolute atomic E-state index is 12.5. The van der Waals surface area contributed by atoms with Gasteiger partial charge in [-0.15, -0.1) is 0 Å². The summed E-state index contributed by atoms with van der Waals surface area (Å²) in [4.78, 5) is 28.9. The van der Waals surface area contributed by atoms with Crippen LogP contribution in [0.15, 0.2) is 29.3 Å². The number of carbonyl (C=O) groups is 1. The molecule has 1 atom stereocenters. The third-order valence-corrected chi connectivity index (χ3v) is 4.08. The van der Waals surface area contributed by atoms with Gasteiger partial charge in [-0.25, -0.2) is 4.98 Å². The molecule has 0 radical (unpaired) electrons. The third-order valence-electron chi connectivity index (χ3n) is 4.08. The van der Waals surface area contributed by atoms with Crippen molar-refractivity contribution < 1.29 is 4.79 Å². The molecule has 0 aliphatic rings. The van der Waals surface area contributed by atoms with Gasteiger partial charge in [0.1, 0.15) is 12.1 Å². The zero-order valence-electron chi connectivity index (χ0n) is 13.8. The zero-order valence-corrected chi connectivity index (χ0v) is 13.8. The molecule has 0 aliphatic heterocycles. The average Bonchev–Trinajstić information content (AvgIpc) is 2.50. The molecule has 0 fully saturated rings. The molecule has 1 aromatic heterocycles. The first-order valence-corrected chi connectivity index (χ1v) is 7.45. The Morgan fingerprint density at radius 1 is 1.48 bits per heavy atom. The molecular weight excluding hydrogens is 292 g/mol. The quantitative estimate of drug-likeness (QED) is 0.931. The predicted molar refractivity (Wildman–Crippen MR) is 87.7 cm³/mol. The van der Waals surface area contributed by atoms with Crippen LogP contribution in [0.1, 0.15) is 26.3 Å². The van der Waals surface area contributed by atoms with E-state index in [0.717, 1.165) is 5.56 Å². The van der Waals surface area contributed by atoms with Gasteiger partial charge < -0.3 is 5.32 Å². The Labute approximate surface area is 134 Å². The normalized spacial score (nSPS) is 13.6. The van der Waals surface area contributed by atoms with Gasteiger partial charge in [0.2, 0.25) is 5.91 Å². The summed E-state index contributed by atoms with van der Waals surface area (Å²) in [7, 11) is 0. The number of benzene rings is 1. The molecular formula is C17H20N4O2. The van der Waals surface area contributed by atoms with Gasteiger partial charge in [-0.05, 0) is 31.9 Å². The lowest BCUT2D eigenvalue weighted by Crippen LogP contribution is -2.50. The van der Waals surface area contributed by atoms with Gasteiger partial charge in [-0.1, -0.05) is 25.5 Å². The first-order valence-electron chi connectivity index (χ1n) is 7.45. The minimum Gasteiger partial charge on any atom is -0.336 e. The molecule has 120 valence electrons. The van der Waals surface area contributed by atoms with Gasteiger partial charge in [-0.2, -0.15) is 5.26 Å². The first kappa shape index (κ1) is 16.7. The highest BCUT2D eigenvalue weighted by Crippen LogP contribution is 2.15. The second-order valence-corrected chi connectivity index (χ2v) is 6.22. The van der Waals surface area contributed by atoms with Crippen LogP contribution in [0.3, 0.4) is 0 Å². The lowest BCUT2D eigenvalue weighted by atomic mass is 9.90. The van der Waals surface area contributed by atoms with Gasteiger partial charge in [0.15, 0.2) is 0 Å². The fourth-order valence-corrected chi connectivity index (χ4v) is 2.17. The largest absolute Gasteiger partial charge is 0.336 e. The molecule has 1 amide bonds. The van der Waals surface area contributed by atoms with Crippen LogP contribution in [-0.2, 0) is 11.3 Å². The Kier molecular flexibility index (Phi) is 4.50. The average molecular weight is 312 g/mol. The van der Waals surface area contributed by atoms with Crippen molar-refractivity contribution in [2.45, 2.75) is 39.8 Å². The molecule has 1 N–H and O–H groups in total. The van der Waals surface area contributed by atoms with Gasteiger partial charge >= 0.3 is 0 Å². The van der Waals surface area contributed by atoms with Crippen molar-refractivity contribution in [1.29, 1.82) is 5.26 Å². The van der Waals surface area contributed by atoms with Crippen LogP contribution < -0.4 is 10.9 Å². The highest BCUT2D eigenvalue weighted by molar-refractivity contribution is 5.80. The summed E-state index contributed by atoms with van der Waals surface area (Å²) >= 11 is 0. The standard InChI is InChI=1S/C17H20N4O2/c1-11(2)17(4,9-18)20-15(22)8-21-10-19-14-6-5-12(3)7-13(14)16(21)23/h5-7,10-11H,8H2,1-4H3,(H,20,22)/t17-/m0/s1. The van der Waals surface area contributed by atoms with Gasteiger partial charge in [0.25, 0.3) is 5.56 Å². The van der Waals surface area contributed by atoms with Crippen LogP contribution in [0.25, 0.3) is 10.9 Å². The fraction of sp³-hybridized carbons (Fsp3) is 0.412. The molecule has 6 heteroatoms. The maximum atomic E-state index is 12.5. The van der Waals surface area contributed by atoms with E-state index < -0.39 is 11.4 Å². The molecule has 0 bridgehead atoms. The fourth-order valence-electron chi connectivity index (χ4n) is 2.17. The van der Waals surface area contributed by atoms with E-state index in [-0.39, 0.29) is 18.0 Å². The number of fused-ring (bicyclic) bond motifs is 1. The highest BCUT2D eigenvalue weighted by atomic mass is 16.2.